The zero-order valence-corrected chi connectivity index (χ0v) is 13.8. The summed E-state index contributed by atoms with van der Waals surface area (Å²) in [4.78, 5) is 14.1. The van der Waals surface area contributed by atoms with Crippen molar-refractivity contribution in [2.24, 2.45) is 0 Å². The van der Waals surface area contributed by atoms with Crippen LogP contribution in [-0.2, 0) is 11.3 Å². The SMILES string of the molecule is C[Se]C(=O)CCN(Cc1ccccc1)C1CC=CCC1. The van der Waals surface area contributed by atoms with Gasteiger partial charge in [0.25, 0.3) is 0 Å². The molecule has 0 N–H and O–H groups in total. The van der Waals surface area contributed by atoms with Crippen LogP contribution in [0.3, 0.4) is 0 Å². The van der Waals surface area contributed by atoms with Crippen LogP contribution in [0.2, 0.25) is 5.82 Å². The molecule has 108 valence electrons. The minimum absolute atomic E-state index is 0.144. The molecule has 0 heterocycles. The van der Waals surface area contributed by atoms with Gasteiger partial charge in [0.05, 0.1) is 0 Å². The first-order valence-corrected chi connectivity index (χ1v) is 9.86. The van der Waals surface area contributed by atoms with E-state index in [1.165, 1.54) is 18.4 Å². The first kappa shape index (κ1) is 15.5. The Bertz CT molecular complexity index is 444. The molecule has 0 bridgehead atoms. The molecule has 1 atom stereocenters. The van der Waals surface area contributed by atoms with Crippen LogP contribution in [0.4, 0.5) is 0 Å². The summed E-state index contributed by atoms with van der Waals surface area (Å²) in [6.45, 7) is 1.87. The van der Waals surface area contributed by atoms with E-state index in [1.54, 1.807) is 0 Å². The third-order valence-corrected chi connectivity index (χ3v) is 5.20. The predicted molar refractivity (Wildman–Crippen MR) is 84.9 cm³/mol. The molecule has 1 aliphatic carbocycles. The average Bonchev–Trinajstić information content (AvgIpc) is 2.53. The Kier molecular flexibility index (Phi) is 6.52. The van der Waals surface area contributed by atoms with Crippen molar-refractivity contribution in [3.8, 4) is 0 Å². The number of nitrogens with zero attached hydrogens (tertiary/aromatic N) is 1. The maximum atomic E-state index is 11.6. The number of hydrogen-bond acceptors (Lipinski definition) is 2. The molecule has 2 nitrogen and oxygen atoms in total. The molecule has 1 aliphatic rings. The fourth-order valence-electron chi connectivity index (χ4n) is 2.65. The summed E-state index contributed by atoms with van der Waals surface area (Å²) in [5, 5.41) is 0. The average molecular weight is 336 g/mol. The van der Waals surface area contributed by atoms with E-state index >= 15 is 0 Å². The van der Waals surface area contributed by atoms with Gasteiger partial charge in [0.15, 0.2) is 0 Å². The van der Waals surface area contributed by atoms with Gasteiger partial charge in [-0.1, -0.05) is 0 Å². The van der Waals surface area contributed by atoms with Crippen LogP contribution in [0.15, 0.2) is 42.5 Å². The summed E-state index contributed by atoms with van der Waals surface area (Å²) in [6, 6.07) is 11.2. The van der Waals surface area contributed by atoms with Gasteiger partial charge in [-0.3, -0.25) is 0 Å². The fraction of sp³-hybridized carbons (Fsp3) is 0.471. The number of carbonyl (C=O) groups excluding carboxylic acids is 1. The molecule has 1 aromatic carbocycles. The Morgan fingerprint density at radius 2 is 2.10 bits per heavy atom. The van der Waals surface area contributed by atoms with Gasteiger partial charge in [-0.05, 0) is 0 Å². The zero-order chi connectivity index (χ0) is 14.2. The number of rotatable bonds is 7. The molecule has 3 heteroatoms. The topological polar surface area (TPSA) is 20.3 Å². The molecule has 0 radical (unpaired) electrons. The van der Waals surface area contributed by atoms with E-state index in [2.05, 4.69) is 47.4 Å². The Labute approximate surface area is 128 Å². The summed E-state index contributed by atoms with van der Waals surface area (Å²) in [5.74, 6) is 2.01. The second-order valence-corrected chi connectivity index (χ2v) is 7.03. The van der Waals surface area contributed by atoms with E-state index in [9.17, 15) is 4.79 Å². The zero-order valence-electron chi connectivity index (χ0n) is 12.1. The summed E-state index contributed by atoms with van der Waals surface area (Å²) < 4.78 is 0.432. The molecule has 20 heavy (non-hydrogen) atoms. The van der Waals surface area contributed by atoms with Crippen molar-refractivity contribution in [3.05, 3.63) is 48.0 Å². The third-order valence-electron chi connectivity index (χ3n) is 3.82. The number of benzene rings is 1. The standard InChI is InChI=1S/C17H23NOSe/c1-20-17(19)12-13-18(16-10-6-3-7-11-16)14-15-8-4-2-5-9-15/h2-6,8-9,16H,7,10-14H2,1H3. The van der Waals surface area contributed by atoms with Crippen molar-refractivity contribution in [2.75, 3.05) is 6.54 Å². The summed E-state index contributed by atoms with van der Waals surface area (Å²) in [6.07, 6.45) is 8.79. The van der Waals surface area contributed by atoms with E-state index in [0.717, 1.165) is 19.5 Å². The molecule has 0 amide bonds. The first-order chi connectivity index (χ1) is 9.79. The van der Waals surface area contributed by atoms with Crippen LogP contribution in [0.5, 0.6) is 0 Å². The predicted octanol–water partition coefficient (Wildman–Crippen LogP) is 3.27. The van der Waals surface area contributed by atoms with Gasteiger partial charge in [-0.25, -0.2) is 0 Å². The molecule has 1 aromatic rings. The van der Waals surface area contributed by atoms with Crippen LogP contribution >= 0.6 is 0 Å². The van der Waals surface area contributed by atoms with Gasteiger partial charge in [0, 0.05) is 0 Å². The normalized spacial score (nSPS) is 18.4. The van der Waals surface area contributed by atoms with Gasteiger partial charge in [-0.15, -0.1) is 0 Å². The van der Waals surface area contributed by atoms with E-state index < -0.39 is 0 Å². The second kappa shape index (κ2) is 8.41. The molecule has 2 rings (SSSR count). The molecule has 0 saturated heterocycles. The van der Waals surface area contributed by atoms with Gasteiger partial charge >= 0.3 is 128 Å². The van der Waals surface area contributed by atoms with Crippen molar-refractivity contribution in [1.29, 1.82) is 0 Å². The quantitative estimate of drug-likeness (QED) is 0.563. The van der Waals surface area contributed by atoms with Gasteiger partial charge < -0.3 is 0 Å². The van der Waals surface area contributed by atoms with E-state index in [0.29, 0.717) is 17.1 Å². The van der Waals surface area contributed by atoms with E-state index in [4.69, 9.17) is 0 Å². The van der Waals surface area contributed by atoms with Crippen molar-refractivity contribution < 1.29 is 4.79 Å². The Morgan fingerprint density at radius 1 is 1.30 bits per heavy atom. The van der Waals surface area contributed by atoms with E-state index in [1.807, 2.05) is 5.82 Å². The van der Waals surface area contributed by atoms with Crippen LogP contribution < -0.4 is 0 Å². The van der Waals surface area contributed by atoms with Crippen molar-refractivity contribution in [1.82, 2.24) is 4.90 Å². The molecule has 0 fully saturated rings. The van der Waals surface area contributed by atoms with E-state index in [-0.39, 0.29) is 15.0 Å². The van der Waals surface area contributed by atoms with Crippen LogP contribution in [0.25, 0.3) is 0 Å². The van der Waals surface area contributed by atoms with Gasteiger partial charge in [-0.2, -0.15) is 0 Å². The molecule has 1 unspecified atom stereocenters. The monoisotopic (exact) mass is 337 g/mol. The molecule has 0 aromatic heterocycles. The molecular weight excluding hydrogens is 313 g/mol. The van der Waals surface area contributed by atoms with Gasteiger partial charge in [0.2, 0.25) is 0 Å². The Hall–Kier alpha value is -0.891. The number of carbonyl (C=O) groups is 1. The maximum absolute atomic E-state index is 11.6. The van der Waals surface area contributed by atoms with Crippen molar-refractivity contribution >= 4 is 19.6 Å². The third kappa shape index (κ3) is 4.90. The van der Waals surface area contributed by atoms with Crippen LogP contribution in [-0.4, -0.2) is 37.1 Å². The minimum atomic E-state index is 0.144. The number of hydrogen-bond donors (Lipinski definition) is 0. The van der Waals surface area contributed by atoms with Crippen molar-refractivity contribution in [2.45, 2.75) is 44.1 Å². The Balaban J connectivity index is 1.99. The van der Waals surface area contributed by atoms with Crippen LogP contribution in [0, 0.1) is 0 Å². The summed E-state index contributed by atoms with van der Waals surface area (Å²) >= 11 is 0.144. The molecular formula is C17H23NOSe. The molecule has 0 spiro atoms. The molecule has 0 saturated carbocycles. The van der Waals surface area contributed by atoms with Crippen molar-refractivity contribution in [3.63, 3.8) is 0 Å². The second-order valence-electron chi connectivity index (χ2n) is 5.22. The number of allylic oxidation sites excluding steroid dienone is 1. The van der Waals surface area contributed by atoms with Crippen LogP contribution in [0.1, 0.15) is 31.2 Å². The van der Waals surface area contributed by atoms with Gasteiger partial charge in [0.1, 0.15) is 0 Å². The first-order valence-electron chi connectivity index (χ1n) is 7.29. The fourth-order valence-corrected chi connectivity index (χ4v) is 3.27. The summed E-state index contributed by atoms with van der Waals surface area (Å²) in [5.41, 5.74) is 1.34. The molecule has 0 aliphatic heterocycles. The Morgan fingerprint density at radius 3 is 2.75 bits per heavy atom. The summed E-state index contributed by atoms with van der Waals surface area (Å²) in [7, 11) is 0.